The summed E-state index contributed by atoms with van der Waals surface area (Å²) in [5, 5.41) is 20.5. The maximum absolute atomic E-state index is 11.9. The number of hydrogen-bond acceptors (Lipinski definition) is 5. The summed E-state index contributed by atoms with van der Waals surface area (Å²) in [6, 6.07) is 1.78. The number of carbonyl (C=O) groups excluding carboxylic acids is 2. The van der Waals surface area contributed by atoms with E-state index in [0.717, 1.165) is 4.90 Å². The van der Waals surface area contributed by atoms with E-state index in [1.807, 2.05) is 0 Å². The van der Waals surface area contributed by atoms with Crippen LogP contribution in [0, 0.1) is 16.7 Å². The second-order valence-electron chi connectivity index (χ2n) is 3.83. The molecule has 0 aromatic heterocycles. The van der Waals surface area contributed by atoms with Crippen molar-refractivity contribution in [3.05, 3.63) is 11.4 Å². The summed E-state index contributed by atoms with van der Waals surface area (Å²) in [7, 11) is 1.39. The van der Waals surface area contributed by atoms with Crippen LogP contribution in [0.5, 0.6) is 0 Å². The topological polar surface area (TPSA) is 119 Å². The van der Waals surface area contributed by atoms with Gasteiger partial charge in [-0.25, -0.2) is 0 Å². The van der Waals surface area contributed by atoms with Crippen LogP contribution in [0.4, 0.5) is 0 Å². The first-order valence-electron chi connectivity index (χ1n) is 4.62. The molecular weight excluding hydrogens is 212 g/mol. The van der Waals surface area contributed by atoms with Crippen LogP contribution < -0.4 is 11.1 Å². The summed E-state index contributed by atoms with van der Waals surface area (Å²) in [4.78, 5) is 24.7. The molecule has 7 nitrogen and oxygen atoms in total. The van der Waals surface area contributed by atoms with Crippen LogP contribution in [0.25, 0.3) is 0 Å². The Morgan fingerprint density at radius 1 is 1.69 bits per heavy atom. The molecule has 1 spiro atoms. The zero-order valence-electron chi connectivity index (χ0n) is 8.52. The standard InChI is InChI=1S/C9H10N4O3/c1-13-6(11)4(3-10)9(8(13)16)2-5(14)12-7(9)15/h5,14H,2,11H2,1H3,(H,12,15). The van der Waals surface area contributed by atoms with Crippen LogP contribution in [0.1, 0.15) is 6.42 Å². The number of nitriles is 1. The smallest absolute Gasteiger partial charge is 0.249 e. The molecule has 0 radical (unpaired) electrons. The first-order valence-corrected chi connectivity index (χ1v) is 4.62. The number of aliphatic hydroxyl groups is 1. The van der Waals surface area contributed by atoms with Crippen molar-refractivity contribution in [1.82, 2.24) is 10.2 Å². The van der Waals surface area contributed by atoms with Crippen molar-refractivity contribution in [3.8, 4) is 6.07 Å². The van der Waals surface area contributed by atoms with Crippen LogP contribution in [0.15, 0.2) is 11.4 Å². The normalized spacial score (nSPS) is 33.6. The number of rotatable bonds is 0. The molecule has 0 bridgehead atoms. The van der Waals surface area contributed by atoms with Gasteiger partial charge in [-0.2, -0.15) is 5.26 Å². The molecule has 2 aliphatic rings. The Labute approximate surface area is 91.1 Å². The Balaban J connectivity index is 2.62. The van der Waals surface area contributed by atoms with Gasteiger partial charge in [0.05, 0.1) is 5.57 Å². The van der Waals surface area contributed by atoms with Gasteiger partial charge in [-0.3, -0.25) is 14.5 Å². The number of hydrogen-bond donors (Lipinski definition) is 3. The van der Waals surface area contributed by atoms with E-state index >= 15 is 0 Å². The van der Waals surface area contributed by atoms with E-state index in [9.17, 15) is 14.7 Å². The molecular formula is C9H10N4O3. The molecule has 2 atom stereocenters. The molecule has 2 amide bonds. The summed E-state index contributed by atoms with van der Waals surface area (Å²) in [6.45, 7) is 0. The first kappa shape index (κ1) is 10.4. The zero-order valence-corrected chi connectivity index (χ0v) is 8.52. The fourth-order valence-corrected chi connectivity index (χ4v) is 2.15. The largest absolute Gasteiger partial charge is 0.384 e. The van der Waals surface area contributed by atoms with Gasteiger partial charge in [0.15, 0.2) is 5.41 Å². The molecule has 7 heteroatoms. The van der Waals surface area contributed by atoms with Crippen molar-refractivity contribution in [1.29, 1.82) is 5.26 Å². The van der Waals surface area contributed by atoms with E-state index < -0.39 is 23.5 Å². The molecule has 0 aliphatic carbocycles. The Hall–Kier alpha value is -2.07. The molecule has 0 saturated carbocycles. The maximum atomic E-state index is 11.9. The number of nitrogens with two attached hydrogens (primary N) is 1. The monoisotopic (exact) mass is 222 g/mol. The molecule has 4 N–H and O–H groups in total. The first-order chi connectivity index (χ1) is 7.45. The lowest BCUT2D eigenvalue weighted by Crippen LogP contribution is -2.41. The SMILES string of the molecule is CN1C(=O)C2(CC(O)NC2=O)C(C#N)=C1N. The molecule has 1 fully saturated rings. The van der Waals surface area contributed by atoms with Crippen molar-refractivity contribution >= 4 is 11.8 Å². The third kappa shape index (κ3) is 0.940. The summed E-state index contributed by atoms with van der Waals surface area (Å²) in [5.74, 6) is -1.28. The fourth-order valence-electron chi connectivity index (χ4n) is 2.15. The van der Waals surface area contributed by atoms with Gasteiger partial charge in [-0.1, -0.05) is 0 Å². The zero-order chi connectivity index (χ0) is 12.1. The molecule has 0 aromatic carbocycles. The summed E-state index contributed by atoms with van der Waals surface area (Å²) < 4.78 is 0. The molecule has 1 saturated heterocycles. The van der Waals surface area contributed by atoms with Crippen molar-refractivity contribution < 1.29 is 14.7 Å². The van der Waals surface area contributed by atoms with Gasteiger partial charge in [-0.15, -0.1) is 0 Å². The van der Waals surface area contributed by atoms with Crippen LogP contribution in [-0.4, -0.2) is 35.1 Å². The molecule has 2 unspecified atom stereocenters. The molecule has 0 aromatic rings. The van der Waals surface area contributed by atoms with Crippen LogP contribution in [0.2, 0.25) is 0 Å². The van der Waals surface area contributed by atoms with Gasteiger partial charge >= 0.3 is 0 Å². The highest BCUT2D eigenvalue weighted by molar-refractivity contribution is 6.13. The van der Waals surface area contributed by atoms with Gasteiger partial charge in [-0.05, 0) is 0 Å². The van der Waals surface area contributed by atoms with Crippen molar-refractivity contribution in [2.24, 2.45) is 11.1 Å². The predicted octanol–water partition coefficient (Wildman–Crippen LogP) is -2.02. The fraction of sp³-hybridized carbons (Fsp3) is 0.444. The average Bonchev–Trinajstić information content (AvgIpc) is 2.61. The molecule has 2 heterocycles. The van der Waals surface area contributed by atoms with Gasteiger partial charge in [0.25, 0.3) is 0 Å². The summed E-state index contributed by atoms with van der Waals surface area (Å²) >= 11 is 0. The van der Waals surface area contributed by atoms with E-state index in [1.165, 1.54) is 7.05 Å². The highest BCUT2D eigenvalue weighted by Gasteiger charge is 2.61. The summed E-state index contributed by atoms with van der Waals surface area (Å²) in [5.41, 5.74) is 3.87. The average molecular weight is 222 g/mol. The predicted molar refractivity (Wildman–Crippen MR) is 50.8 cm³/mol. The number of carbonyl (C=O) groups is 2. The van der Waals surface area contributed by atoms with Gasteiger partial charge in [0.1, 0.15) is 18.1 Å². The lowest BCUT2D eigenvalue weighted by Gasteiger charge is -2.18. The maximum Gasteiger partial charge on any atom is 0.249 e. The van der Waals surface area contributed by atoms with E-state index in [4.69, 9.17) is 11.0 Å². The second-order valence-corrected chi connectivity index (χ2v) is 3.83. The van der Waals surface area contributed by atoms with Gasteiger partial charge < -0.3 is 16.2 Å². The number of nitrogens with zero attached hydrogens (tertiary/aromatic N) is 2. The number of amides is 2. The minimum Gasteiger partial charge on any atom is -0.384 e. The minimum atomic E-state index is -1.63. The molecule has 2 rings (SSSR count). The van der Waals surface area contributed by atoms with E-state index in [2.05, 4.69) is 5.32 Å². The quantitative estimate of drug-likeness (QED) is 0.408. The number of nitrogens with one attached hydrogen (secondary N) is 1. The Kier molecular flexibility index (Phi) is 1.93. The second kappa shape index (κ2) is 2.96. The third-order valence-corrected chi connectivity index (χ3v) is 3.01. The number of aliphatic hydroxyl groups excluding tert-OH is 1. The lowest BCUT2D eigenvalue weighted by molar-refractivity contribution is -0.141. The minimum absolute atomic E-state index is 0.0308. The van der Waals surface area contributed by atoms with Crippen molar-refractivity contribution in [3.63, 3.8) is 0 Å². The van der Waals surface area contributed by atoms with Crippen LogP contribution >= 0.6 is 0 Å². The Morgan fingerprint density at radius 2 is 2.31 bits per heavy atom. The summed E-state index contributed by atoms with van der Waals surface area (Å²) in [6.07, 6.45) is -1.28. The van der Waals surface area contributed by atoms with Gasteiger partial charge in [0.2, 0.25) is 11.8 Å². The van der Waals surface area contributed by atoms with Crippen molar-refractivity contribution in [2.45, 2.75) is 12.6 Å². The molecule has 84 valence electrons. The molecule has 16 heavy (non-hydrogen) atoms. The van der Waals surface area contributed by atoms with E-state index in [-0.39, 0.29) is 17.8 Å². The van der Waals surface area contributed by atoms with Crippen LogP contribution in [0.3, 0.4) is 0 Å². The lowest BCUT2D eigenvalue weighted by atomic mass is 9.80. The molecule has 2 aliphatic heterocycles. The van der Waals surface area contributed by atoms with Crippen molar-refractivity contribution in [2.75, 3.05) is 7.05 Å². The van der Waals surface area contributed by atoms with Gasteiger partial charge in [0, 0.05) is 13.5 Å². The Morgan fingerprint density at radius 3 is 2.75 bits per heavy atom. The van der Waals surface area contributed by atoms with E-state index in [1.54, 1.807) is 6.07 Å². The third-order valence-electron chi connectivity index (χ3n) is 3.01. The van der Waals surface area contributed by atoms with E-state index in [0.29, 0.717) is 0 Å². The highest BCUT2D eigenvalue weighted by Crippen LogP contribution is 2.44. The Bertz CT molecular complexity index is 464. The highest BCUT2D eigenvalue weighted by atomic mass is 16.3. The van der Waals surface area contributed by atoms with Crippen LogP contribution in [-0.2, 0) is 9.59 Å².